The van der Waals surface area contributed by atoms with Gasteiger partial charge in [-0.25, -0.2) is 8.42 Å². The minimum atomic E-state index is -4.06. The molecule has 0 spiro atoms. The Bertz CT molecular complexity index is 2060. The lowest BCUT2D eigenvalue weighted by atomic mass is 10.1. The van der Waals surface area contributed by atoms with E-state index in [-0.39, 0.29) is 43.3 Å². The predicted molar refractivity (Wildman–Crippen MR) is 177 cm³/mol. The Morgan fingerprint density at radius 1 is 0.625 bits per heavy atom. The Labute approximate surface area is 275 Å². The molecular weight excluding hydrogens is 638 g/mol. The molecule has 14 heteroatoms. The number of fused-ring (bicyclic) bond motifs is 1. The summed E-state index contributed by atoms with van der Waals surface area (Å²) in [6.45, 7) is 2.23. The molecule has 13 nitrogen and oxygen atoms in total. The van der Waals surface area contributed by atoms with Crippen LogP contribution in [0.4, 0.5) is 5.69 Å². The molecule has 0 aliphatic rings. The van der Waals surface area contributed by atoms with Crippen molar-refractivity contribution in [2.75, 3.05) is 4.72 Å². The van der Waals surface area contributed by atoms with Crippen LogP contribution in [0.2, 0.25) is 0 Å². The molecule has 0 aromatic heterocycles. The summed E-state index contributed by atoms with van der Waals surface area (Å²) in [6.07, 6.45) is 0. The van der Waals surface area contributed by atoms with Crippen LogP contribution in [0.15, 0.2) is 114 Å². The molecule has 0 heterocycles. The summed E-state index contributed by atoms with van der Waals surface area (Å²) in [5.41, 5.74) is 0.595. The molecule has 0 aliphatic heterocycles. The van der Waals surface area contributed by atoms with E-state index in [9.17, 15) is 28.4 Å². The van der Waals surface area contributed by atoms with Crippen molar-refractivity contribution in [2.24, 2.45) is 0 Å². The number of hydrogen-bond donors (Lipinski definition) is 5. The van der Waals surface area contributed by atoms with Gasteiger partial charge in [-0.3, -0.25) is 35.5 Å². The van der Waals surface area contributed by atoms with Crippen molar-refractivity contribution < 1.29 is 37.9 Å². The predicted octanol–water partition coefficient (Wildman–Crippen LogP) is 6.35. The number of amidine groups is 2. The third-order valence-electron chi connectivity index (χ3n) is 6.91. The molecule has 0 fully saturated rings. The van der Waals surface area contributed by atoms with Crippen LogP contribution in [0, 0.1) is 10.8 Å². The molecule has 5 aromatic rings. The highest BCUT2D eigenvalue weighted by molar-refractivity contribution is 7.92. The maximum atomic E-state index is 13.5. The number of amides is 2. The van der Waals surface area contributed by atoms with Gasteiger partial charge in [-0.2, -0.15) is 10.1 Å². The van der Waals surface area contributed by atoms with E-state index in [1.807, 2.05) is 24.3 Å². The minimum Gasteiger partial charge on any atom is -0.457 e. The Kier molecular flexibility index (Phi) is 9.51. The monoisotopic (exact) mass is 667 g/mol. The summed E-state index contributed by atoms with van der Waals surface area (Å²) in [4.78, 5) is 22.9. The Balaban J connectivity index is 1.45. The second-order valence-electron chi connectivity index (χ2n) is 10.4. The van der Waals surface area contributed by atoms with Crippen LogP contribution >= 0.6 is 0 Å². The van der Waals surface area contributed by atoms with Crippen molar-refractivity contribution in [3.8, 4) is 23.0 Å². The van der Waals surface area contributed by atoms with Crippen LogP contribution in [-0.4, -0.2) is 52.4 Å². The summed E-state index contributed by atoms with van der Waals surface area (Å²) in [6, 6.07) is 28.4. The van der Waals surface area contributed by atoms with Crippen LogP contribution in [0.1, 0.15) is 25.0 Å². The van der Waals surface area contributed by atoms with Crippen molar-refractivity contribution in [1.29, 1.82) is 10.8 Å². The first kappa shape index (κ1) is 33.3. The third-order valence-corrected chi connectivity index (χ3v) is 8.29. The number of ether oxygens (including phenoxy) is 2. The molecule has 0 saturated heterocycles. The molecule has 0 bridgehead atoms. The Morgan fingerprint density at radius 2 is 1.08 bits per heavy atom. The minimum absolute atomic E-state index is 0.0399. The summed E-state index contributed by atoms with van der Waals surface area (Å²) in [5, 5.41) is 37.6. The van der Waals surface area contributed by atoms with Gasteiger partial charge in [0, 0.05) is 43.2 Å². The van der Waals surface area contributed by atoms with E-state index < -0.39 is 33.5 Å². The molecule has 244 valence electrons. The van der Waals surface area contributed by atoms with Crippen LogP contribution in [-0.2, 0) is 19.6 Å². The fourth-order valence-electron chi connectivity index (χ4n) is 4.49. The molecule has 0 unspecified atom stereocenters. The normalized spacial score (nSPS) is 11.0. The first-order chi connectivity index (χ1) is 22.8. The highest BCUT2D eigenvalue weighted by Crippen LogP contribution is 2.34. The van der Waals surface area contributed by atoms with Crippen molar-refractivity contribution in [3.05, 3.63) is 120 Å². The SMILES string of the molecule is CC(=O)N(O)C(=N)c1ccc(Oc2cc(NS(=O)(=O)c3ccc4ccccc4c3)cc(Oc3ccc(C(=N)N(O)C(C)=O)cc3)c2)cc1. The Hall–Kier alpha value is -6.09. The quantitative estimate of drug-likeness (QED) is 0.0519. The highest BCUT2D eigenvalue weighted by Gasteiger charge is 2.18. The van der Waals surface area contributed by atoms with Crippen molar-refractivity contribution in [2.45, 2.75) is 18.7 Å². The van der Waals surface area contributed by atoms with Gasteiger partial charge in [0.25, 0.3) is 10.0 Å². The topological polar surface area (TPSA) is 193 Å². The zero-order valence-corrected chi connectivity index (χ0v) is 26.4. The van der Waals surface area contributed by atoms with E-state index in [0.717, 1.165) is 24.6 Å². The van der Waals surface area contributed by atoms with Gasteiger partial charge in [0.05, 0.1) is 10.6 Å². The molecule has 2 amide bonds. The zero-order chi connectivity index (χ0) is 34.6. The van der Waals surface area contributed by atoms with Crippen LogP contribution in [0.3, 0.4) is 0 Å². The number of carbonyl (C=O) groups is 2. The first-order valence-electron chi connectivity index (χ1n) is 14.2. The van der Waals surface area contributed by atoms with E-state index in [2.05, 4.69) is 4.72 Å². The molecule has 48 heavy (non-hydrogen) atoms. The Morgan fingerprint density at radius 3 is 1.54 bits per heavy atom. The second kappa shape index (κ2) is 13.7. The van der Waals surface area contributed by atoms with E-state index >= 15 is 0 Å². The smallest absolute Gasteiger partial charge is 0.261 e. The molecule has 0 saturated carbocycles. The number of nitrogens with one attached hydrogen (secondary N) is 3. The van der Waals surface area contributed by atoms with Gasteiger partial charge in [0.15, 0.2) is 11.7 Å². The number of rotatable bonds is 9. The summed E-state index contributed by atoms with van der Waals surface area (Å²) >= 11 is 0. The van der Waals surface area contributed by atoms with Gasteiger partial charge in [0.1, 0.15) is 23.0 Å². The average molecular weight is 668 g/mol. The fraction of sp³-hybridized carbons (Fsp3) is 0.0588. The molecule has 0 radical (unpaired) electrons. The fourth-order valence-corrected chi connectivity index (χ4v) is 5.57. The van der Waals surface area contributed by atoms with Crippen LogP contribution in [0.25, 0.3) is 10.8 Å². The molecule has 5 N–H and O–H groups in total. The second-order valence-corrected chi connectivity index (χ2v) is 12.1. The van der Waals surface area contributed by atoms with E-state index in [1.165, 1.54) is 72.8 Å². The number of sulfonamides is 1. The summed E-state index contributed by atoms with van der Waals surface area (Å²) < 4.78 is 41.5. The third kappa shape index (κ3) is 7.64. The molecular formula is C34H29N5O8S. The lowest BCUT2D eigenvalue weighted by Gasteiger charge is -2.16. The van der Waals surface area contributed by atoms with Gasteiger partial charge < -0.3 is 9.47 Å². The average Bonchev–Trinajstić information content (AvgIpc) is 3.07. The molecule has 5 aromatic carbocycles. The number of benzene rings is 5. The van der Waals surface area contributed by atoms with Gasteiger partial charge in [-0.1, -0.05) is 30.3 Å². The standard InChI is InChI=1S/C34H29N5O8S/c1-21(40)38(42)33(35)24-7-12-28(13-8-24)46-30-18-27(37-48(44,45)32-16-11-23-5-3-4-6-26(23)17-32)19-31(20-30)47-29-14-9-25(10-15-29)34(36)39(43)22(2)41/h3-20,35-37,42-43H,1-2H3. The van der Waals surface area contributed by atoms with Crippen LogP contribution < -0.4 is 14.2 Å². The van der Waals surface area contributed by atoms with Gasteiger partial charge in [0.2, 0.25) is 11.8 Å². The van der Waals surface area contributed by atoms with E-state index in [1.54, 1.807) is 12.1 Å². The molecule has 5 rings (SSSR count). The summed E-state index contributed by atoms with van der Waals surface area (Å²) in [7, 11) is -4.06. The lowest BCUT2D eigenvalue weighted by Crippen LogP contribution is -2.31. The van der Waals surface area contributed by atoms with E-state index in [4.69, 9.17) is 20.3 Å². The van der Waals surface area contributed by atoms with Gasteiger partial charge >= 0.3 is 0 Å². The van der Waals surface area contributed by atoms with E-state index in [0.29, 0.717) is 11.5 Å². The van der Waals surface area contributed by atoms with Crippen LogP contribution in [0.5, 0.6) is 23.0 Å². The number of hydroxylamine groups is 4. The first-order valence-corrected chi connectivity index (χ1v) is 15.7. The number of anilines is 1. The van der Waals surface area contributed by atoms with Crippen molar-refractivity contribution in [3.63, 3.8) is 0 Å². The number of carbonyl (C=O) groups excluding carboxylic acids is 2. The zero-order valence-electron chi connectivity index (χ0n) is 25.5. The van der Waals surface area contributed by atoms with Crippen molar-refractivity contribution >= 4 is 50.0 Å². The molecule has 0 atom stereocenters. The van der Waals surface area contributed by atoms with Gasteiger partial charge in [-0.05, 0) is 71.4 Å². The van der Waals surface area contributed by atoms with Crippen molar-refractivity contribution in [1.82, 2.24) is 10.1 Å². The largest absolute Gasteiger partial charge is 0.457 e. The summed E-state index contributed by atoms with van der Waals surface area (Å²) in [5.74, 6) is -1.37. The molecule has 0 aliphatic carbocycles. The maximum Gasteiger partial charge on any atom is 0.261 e. The maximum absolute atomic E-state index is 13.5. The lowest BCUT2D eigenvalue weighted by molar-refractivity contribution is -0.147. The number of nitrogens with zero attached hydrogens (tertiary/aromatic N) is 2. The number of hydrogen-bond acceptors (Lipinski definition) is 10. The highest BCUT2D eigenvalue weighted by atomic mass is 32.2. The van der Waals surface area contributed by atoms with Gasteiger partial charge in [-0.15, -0.1) is 0 Å².